The molecule has 1 rings (SSSR count). The maximum absolute atomic E-state index is 12.3. The Morgan fingerprint density at radius 1 is 1.22 bits per heavy atom. The van der Waals surface area contributed by atoms with Crippen molar-refractivity contribution in [3.63, 3.8) is 0 Å². The van der Waals surface area contributed by atoms with Crippen LogP contribution in [-0.2, 0) is 9.63 Å². The first-order valence-corrected chi connectivity index (χ1v) is 7.33. The van der Waals surface area contributed by atoms with Crippen LogP contribution in [-0.4, -0.2) is 42.3 Å². The Morgan fingerprint density at radius 3 is 2.39 bits per heavy atom. The quantitative estimate of drug-likeness (QED) is 0.543. The summed E-state index contributed by atoms with van der Waals surface area (Å²) in [4.78, 5) is 18.7. The van der Waals surface area contributed by atoms with Crippen LogP contribution in [0.25, 0.3) is 0 Å². The summed E-state index contributed by atoms with van der Waals surface area (Å²) in [5.41, 5.74) is 0.338. The average molecular weight is 328 g/mol. The molecule has 0 unspecified atom stereocenters. The lowest BCUT2D eigenvalue weighted by molar-refractivity contribution is -0.139. The third kappa shape index (κ3) is 6.22. The van der Waals surface area contributed by atoms with Crippen molar-refractivity contribution >= 4 is 12.1 Å². The van der Waals surface area contributed by atoms with E-state index in [1.807, 2.05) is 27.7 Å². The van der Waals surface area contributed by atoms with E-state index < -0.39 is 6.61 Å². The summed E-state index contributed by atoms with van der Waals surface area (Å²) in [7, 11) is 0. The van der Waals surface area contributed by atoms with Crippen molar-refractivity contribution < 1.29 is 23.1 Å². The molecule has 0 saturated carbocycles. The van der Waals surface area contributed by atoms with Crippen LogP contribution in [0, 0.1) is 0 Å². The molecule has 0 spiro atoms. The number of ether oxygens (including phenoxy) is 1. The summed E-state index contributed by atoms with van der Waals surface area (Å²) in [6.45, 7) is 4.53. The van der Waals surface area contributed by atoms with Gasteiger partial charge >= 0.3 is 6.61 Å². The van der Waals surface area contributed by atoms with Gasteiger partial charge in [-0.1, -0.05) is 17.3 Å². The minimum absolute atomic E-state index is 0.00726. The molecule has 0 heterocycles. The normalized spacial score (nSPS) is 11.5. The van der Waals surface area contributed by atoms with Crippen LogP contribution in [0.3, 0.4) is 0 Å². The fraction of sp³-hybridized carbons (Fsp3) is 0.500. The van der Waals surface area contributed by atoms with Gasteiger partial charge in [-0.25, -0.2) is 0 Å². The Balaban J connectivity index is 2.62. The first-order valence-electron chi connectivity index (χ1n) is 7.33. The van der Waals surface area contributed by atoms with Crippen molar-refractivity contribution in [3.05, 3.63) is 29.8 Å². The number of nitrogens with zero attached hydrogens (tertiary/aromatic N) is 2. The number of carbonyl (C=O) groups excluding carboxylic acids is 1. The Kier molecular flexibility index (Phi) is 7.44. The van der Waals surface area contributed by atoms with Gasteiger partial charge in [-0.2, -0.15) is 8.78 Å². The van der Waals surface area contributed by atoms with E-state index in [-0.39, 0.29) is 30.3 Å². The van der Waals surface area contributed by atoms with Gasteiger partial charge in [0.05, 0.1) is 6.21 Å². The van der Waals surface area contributed by atoms with E-state index in [9.17, 15) is 13.6 Å². The van der Waals surface area contributed by atoms with Crippen LogP contribution in [0.15, 0.2) is 29.4 Å². The van der Waals surface area contributed by atoms with Crippen LogP contribution >= 0.6 is 0 Å². The summed E-state index contributed by atoms with van der Waals surface area (Å²) in [6.07, 6.45) is 1.24. The highest BCUT2D eigenvalue weighted by Crippen LogP contribution is 2.18. The molecule has 1 aromatic rings. The highest BCUT2D eigenvalue weighted by molar-refractivity contribution is 5.83. The fourth-order valence-electron chi connectivity index (χ4n) is 2.22. The molecule has 0 aliphatic heterocycles. The predicted octanol–water partition coefficient (Wildman–Crippen LogP) is 3.28. The molecule has 1 aromatic carbocycles. The lowest BCUT2D eigenvalue weighted by Gasteiger charge is -2.30. The molecular formula is C16H22F2N2O3. The molecule has 23 heavy (non-hydrogen) atoms. The summed E-state index contributed by atoms with van der Waals surface area (Å²) in [6, 6.07) is 6.29. The van der Waals surface area contributed by atoms with Crippen molar-refractivity contribution in [2.75, 3.05) is 6.61 Å². The topological polar surface area (TPSA) is 51.1 Å². The van der Waals surface area contributed by atoms with Crippen LogP contribution in [0.4, 0.5) is 8.78 Å². The Hall–Kier alpha value is -2.18. The summed E-state index contributed by atoms with van der Waals surface area (Å²) in [5, 5.41) is 3.65. The molecule has 0 aromatic heterocycles. The molecule has 0 atom stereocenters. The molecular weight excluding hydrogens is 306 g/mol. The van der Waals surface area contributed by atoms with Crippen LogP contribution < -0.4 is 4.74 Å². The number of benzene rings is 1. The zero-order chi connectivity index (χ0) is 17.4. The molecule has 0 fully saturated rings. The monoisotopic (exact) mass is 328 g/mol. The fourth-order valence-corrected chi connectivity index (χ4v) is 2.22. The van der Waals surface area contributed by atoms with Crippen molar-refractivity contribution in [2.45, 2.75) is 46.4 Å². The summed E-state index contributed by atoms with van der Waals surface area (Å²) < 4.78 is 28.9. The zero-order valence-electron chi connectivity index (χ0n) is 13.7. The maximum Gasteiger partial charge on any atom is 0.387 e. The Morgan fingerprint density at radius 2 is 1.83 bits per heavy atom. The highest BCUT2D eigenvalue weighted by Gasteiger charge is 2.20. The van der Waals surface area contributed by atoms with Crippen LogP contribution in [0.2, 0.25) is 0 Å². The van der Waals surface area contributed by atoms with E-state index in [1.165, 1.54) is 12.3 Å². The van der Waals surface area contributed by atoms with Gasteiger partial charge < -0.3 is 14.5 Å². The number of hydrogen-bond acceptors (Lipinski definition) is 4. The lowest BCUT2D eigenvalue weighted by atomic mass is 10.2. The SMILES string of the molecule is CC(C)N(C(=O)CON=Cc1ccccc1OC(F)F)C(C)C. The van der Waals surface area contributed by atoms with Gasteiger partial charge in [0.15, 0.2) is 6.61 Å². The van der Waals surface area contributed by atoms with Gasteiger partial charge in [0.25, 0.3) is 5.91 Å². The van der Waals surface area contributed by atoms with Crippen molar-refractivity contribution in [1.29, 1.82) is 0 Å². The molecule has 0 saturated heterocycles. The van der Waals surface area contributed by atoms with E-state index in [2.05, 4.69) is 9.89 Å². The highest BCUT2D eigenvalue weighted by atomic mass is 19.3. The third-order valence-corrected chi connectivity index (χ3v) is 2.99. The maximum atomic E-state index is 12.3. The molecule has 1 amide bonds. The van der Waals surface area contributed by atoms with Gasteiger partial charge in [0, 0.05) is 17.6 Å². The molecule has 0 aliphatic rings. The second kappa shape index (κ2) is 9.07. The smallest absolute Gasteiger partial charge is 0.387 e. The summed E-state index contributed by atoms with van der Waals surface area (Å²) >= 11 is 0. The van der Waals surface area contributed by atoms with E-state index in [0.717, 1.165) is 0 Å². The molecule has 0 N–H and O–H groups in total. The van der Waals surface area contributed by atoms with E-state index >= 15 is 0 Å². The number of carbonyl (C=O) groups is 1. The largest absolute Gasteiger partial charge is 0.434 e. The zero-order valence-corrected chi connectivity index (χ0v) is 13.7. The van der Waals surface area contributed by atoms with Crippen LogP contribution in [0.5, 0.6) is 5.75 Å². The number of para-hydroxylation sites is 1. The number of hydrogen-bond donors (Lipinski definition) is 0. The first kappa shape index (κ1) is 18.9. The molecule has 0 aliphatic carbocycles. The Labute approximate surface area is 134 Å². The number of amides is 1. The minimum atomic E-state index is -2.92. The Bertz CT molecular complexity index is 526. The number of rotatable bonds is 8. The van der Waals surface area contributed by atoms with Crippen molar-refractivity contribution in [1.82, 2.24) is 4.90 Å². The molecule has 0 radical (unpaired) electrons. The molecule has 7 heteroatoms. The number of halogens is 2. The second-order valence-electron chi connectivity index (χ2n) is 5.41. The van der Waals surface area contributed by atoms with Gasteiger partial charge in [0.2, 0.25) is 0 Å². The standard InChI is InChI=1S/C16H22F2N2O3/c1-11(2)20(12(3)4)15(21)10-22-19-9-13-7-5-6-8-14(13)23-16(17)18/h5-9,11-12,16H,10H2,1-4H3. The second-order valence-corrected chi connectivity index (χ2v) is 5.41. The average Bonchev–Trinajstić information content (AvgIpc) is 2.43. The van der Waals surface area contributed by atoms with Crippen molar-refractivity contribution in [3.8, 4) is 5.75 Å². The van der Waals surface area contributed by atoms with Gasteiger partial charge in [-0.3, -0.25) is 4.79 Å². The third-order valence-electron chi connectivity index (χ3n) is 2.99. The minimum Gasteiger partial charge on any atom is -0.434 e. The van der Waals surface area contributed by atoms with E-state index in [0.29, 0.717) is 5.56 Å². The number of alkyl halides is 2. The van der Waals surface area contributed by atoms with Crippen molar-refractivity contribution in [2.24, 2.45) is 5.16 Å². The first-order chi connectivity index (χ1) is 10.8. The summed E-state index contributed by atoms with van der Waals surface area (Å²) in [5.74, 6) is -0.198. The molecule has 0 bridgehead atoms. The molecule has 5 nitrogen and oxygen atoms in total. The van der Waals surface area contributed by atoms with E-state index in [1.54, 1.807) is 23.1 Å². The predicted molar refractivity (Wildman–Crippen MR) is 83.7 cm³/mol. The van der Waals surface area contributed by atoms with Gasteiger partial charge in [-0.15, -0.1) is 0 Å². The molecule has 128 valence electrons. The van der Waals surface area contributed by atoms with E-state index in [4.69, 9.17) is 4.84 Å². The van der Waals surface area contributed by atoms with Gasteiger partial charge in [0.1, 0.15) is 5.75 Å². The van der Waals surface area contributed by atoms with Crippen LogP contribution in [0.1, 0.15) is 33.3 Å². The number of oxime groups is 1. The lowest BCUT2D eigenvalue weighted by Crippen LogP contribution is -2.43. The van der Waals surface area contributed by atoms with Gasteiger partial charge in [-0.05, 0) is 39.8 Å².